The molecule has 192 valence electrons. The standard InChI is InChI=1S/C26H33N5O5/c1-26(2,3)36-25(34)30-11-7-16(8-12-30)20-15-21(32)28-23-22-18(5-4-6-19(22)29-31(20)23)24(33)27-17-9-13-35-14-10-17/h4-6,15-17H,7-14H2,1-3H3,(H,27,33)(H,28,32). The molecule has 36 heavy (non-hydrogen) atoms. The van der Waals surface area contributed by atoms with Gasteiger partial charge in [0, 0.05) is 44.3 Å². The Hall–Kier alpha value is -3.40. The number of fused-ring (bicyclic) bond motifs is 3. The van der Waals surface area contributed by atoms with Crippen molar-refractivity contribution in [2.45, 2.75) is 64.0 Å². The molecule has 3 aromatic rings. The van der Waals surface area contributed by atoms with Gasteiger partial charge in [0.1, 0.15) is 11.2 Å². The van der Waals surface area contributed by atoms with Gasteiger partial charge in [0.2, 0.25) is 0 Å². The highest BCUT2D eigenvalue weighted by atomic mass is 16.6. The van der Waals surface area contributed by atoms with Crippen LogP contribution in [0.2, 0.25) is 0 Å². The summed E-state index contributed by atoms with van der Waals surface area (Å²) < 4.78 is 12.7. The van der Waals surface area contributed by atoms with Crippen LogP contribution in [0.5, 0.6) is 0 Å². The molecule has 0 spiro atoms. The number of aromatic amines is 1. The monoisotopic (exact) mass is 495 g/mol. The molecule has 2 aliphatic rings. The predicted octanol–water partition coefficient (Wildman–Crippen LogP) is 3.20. The van der Waals surface area contributed by atoms with E-state index >= 15 is 0 Å². The topological polar surface area (TPSA) is 118 Å². The van der Waals surface area contributed by atoms with E-state index in [4.69, 9.17) is 14.6 Å². The molecule has 2 aliphatic heterocycles. The van der Waals surface area contributed by atoms with Crippen LogP contribution in [0.15, 0.2) is 29.1 Å². The minimum Gasteiger partial charge on any atom is -0.444 e. The van der Waals surface area contributed by atoms with Crippen molar-refractivity contribution in [2.75, 3.05) is 26.3 Å². The molecule has 0 saturated carbocycles. The molecule has 10 nitrogen and oxygen atoms in total. The summed E-state index contributed by atoms with van der Waals surface area (Å²) in [7, 11) is 0. The van der Waals surface area contributed by atoms with E-state index in [2.05, 4.69) is 10.3 Å². The van der Waals surface area contributed by atoms with Gasteiger partial charge in [-0.15, -0.1) is 0 Å². The fourth-order valence-corrected chi connectivity index (χ4v) is 5.06. The van der Waals surface area contributed by atoms with Crippen LogP contribution in [0, 0.1) is 0 Å². The van der Waals surface area contributed by atoms with E-state index in [0.29, 0.717) is 61.3 Å². The first-order valence-electron chi connectivity index (χ1n) is 12.6. The molecular formula is C26H33N5O5. The van der Waals surface area contributed by atoms with Gasteiger partial charge in [0.15, 0.2) is 0 Å². The molecule has 5 rings (SSSR count). The summed E-state index contributed by atoms with van der Waals surface area (Å²) in [6.07, 6.45) is 2.61. The molecule has 0 radical (unpaired) electrons. The van der Waals surface area contributed by atoms with E-state index in [9.17, 15) is 14.4 Å². The number of carbonyl (C=O) groups excluding carboxylic acids is 2. The van der Waals surface area contributed by atoms with Gasteiger partial charge in [-0.3, -0.25) is 9.59 Å². The molecule has 2 fully saturated rings. The van der Waals surface area contributed by atoms with Crippen LogP contribution < -0.4 is 10.9 Å². The zero-order chi connectivity index (χ0) is 25.4. The normalized spacial score (nSPS) is 18.0. The van der Waals surface area contributed by atoms with Crippen LogP contribution in [-0.2, 0) is 9.47 Å². The number of rotatable bonds is 3. The molecule has 0 atom stereocenters. The van der Waals surface area contributed by atoms with Gasteiger partial charge in [-0.25, -0.2) is 9.31 Å². The maximum Gasteiger partial charge on any atom is 0.410 e. The number of benzene rings is 1. The van der Waals surface area contributed by atoms with E-state index in [1.165, 1.54) is 0 Å². The second-order valence-corrected chi connectivity index (χ2v) is 10.6. The molecule has 2 aromatic heterocycles. The molecule has 0 bridgehead atoms. The second kappa shape index (κ2) is 9.57. The quantitative estimate of drug-likeness (QED) is 0.576. The lowest BCUT2D eigenvalue weighted by atomic mass is 9.93. The number of hydrogen-bond donors (Lipinski definition) is 2. The van der Waals surface area contributed by atoms with Crippen LogP contribution in [0.3, 0.4) is 0 Å². The van der Waals surface area contributed by atoms with Gasteiger partial charge in [-0.1, -0.05) is 6.07 Å². The number of ether oxygens (including phenoxy) is 2. The number of nitrogens with one attached hydrogen (secondary N) is 2. The van der Waals surface area contributed by atoms with E-state index in [-0.39, 0.29) is 29.5 Å². The highest BCUT2D eigenvalue weighted by Gasteiger charge is 2.30. The highest BCUT2D eigenvalue weighted by Crippen LogP contribution is 2.31. The Morgan fingerprint density at radius 2 is 1.86 bits per heavy atom. The second-order valence-electron chi connectivity index (χ2n) is 10.6. The minimum absolute atomic E-state index is 0.0438. The van der Waals surface area contributed by atoms with Crippen molar-refractivity contribution in [3.05, 3.63) is 45.9 Å². The van der Waals surface area contributed by atoms with E-state index < -0.39 is 5.60 Å². The van der Waals surface area contributed by atoms with Crippen molar-refractivity contribution in [1.82, 2.24) is 24.8 Å². The van der Waals surface area contributed by atoms with Gasteiger partial charge in [0.25, 0.3) is 11.5 Å². The Balaban J connectivity index is 1.44. The third-order valence-electron chi connectivity index (χ3n) is 6.83. The average Bonchev–Trinajstić information content (AvgIpc) is 3.22. The summed E-state index contributed by atoms with van der Waals surface area (Å²) in [6, 6.07) is 7.07. The van der Waals surface area contributed by atoms with Crippen LogP contribution in [0.25, 0.3) is 16.6 Å². The number of nitrogens with zero attached hydrogens (tertiary/aromatic N) is 3. The molecule has 0 aliphatic carbocycles. The van der Waals surface area contributed by atoms with Crippen molar-refractivity contribution >= 4 is 28.6 Å². The lowest BCUT2D eigenvalue weighted by Crippen LogP contribution is -2.41. The van der Waals surface area contributed by atoms with E-state index in [1.54, 1.807) is 21.5 Å². The van der Waals surface area contributed by atoms with Crippen LogP contribution in [0.4, 0.5) is 4.79 Å². The maximum absolute atomic E-state index is 13.2. The molecule has 2 saturated heterocycles. The third kappa shape index (κ3) is 4.95. The molecule has 2 N–H and O–H groups in total. The number of amides is 2. The first-order chi connectivity index (χ1) is 17.2. The Labute approximate surface area is 208 Å². The van der Waals surface area contributed by atoms with Crippen molar-refractivity contribution in [3.63, 3.8) is 0 Å². The first-order valence-corrected chi connectivity index (χ1v) is 12.6. The summed E-state index contributed by atoms with van der Waals surface area (Å²) in [6.45, 7) is 7.90. The molecule has 10 heteroatoms. The van der Waals surface area contributed by atoms with Crippen molar-refractivity contribution in [2.24, 2.45) is 0 Å². The van der Waals surface area contributed by atoms with Gasteiger partial charge in [0.05, 0.1) is 22.2 Å². The Bertz CT molecular complexity index is 1340. The molecular weight excluding hydrogens is 462 g/mol. The number of likely N-dealkylation sites (tertiary alicyclic amines) is 1. The van der Waals surface area contributed by atoms with Crippen LogP contribution in [0.1, 0.15) is 68.4 Å². The number of carbonyl (C=O) groups is 2. The van der Waals surface area contributed by atoms with Crippen LogP contribution in [-0.4, -0.2) is 69.4 Å². The zero-order valence-corrected chi connectivity index (χ0v) is 21.0. The lowest BCUT2D eigenvalue weighted by Gasteiger charge is -2.33. The molecule has 2 amide bonds. The Morgan fingerprint density at radius 3 is 2.56 bits per heavy atom. The average molecular weight is 496 g/mol. The van der Waals surface area contributed by atoms with Crippen LogP contribution >= 0.6 is 0 Å². The zero-order valence-electron chi connectivity index (χ0n) is 21.0. The largest absolute Gasteiger partial charge is 0.444 e. The molecule has 4 heterocycles. The van der Waals surface area contributed by atoms with Crippen molar-refractivity contribution in [1.29, 1.82) is 0 Å². The number of aromatic nitrogens is 3. The minimum atomic E-state index is -0.545. The summed E-state index contributed by atoms with van der Waals surface area (Å²) in [5, 5.41) is 8.51. The SMILES string of the molecule is CC(C)(C)OC(=O)N1CCC(c2cc(=O)[nH]c3c4c(C(=O)NC5CCOCC5)cccc4nn23)CC1. The highest BCUT2D eigenvalue weighted by molar-refractivity contribution is 6.11. The van der Waals surface area contributed by atoms with Crippen molar-refractivity contribution < 1.29 is 19.1 Å². The fraction of sp³-hybridized carbons (Fsp3) is 0.538. The third-order valence-corrected chi connectivity index (χ3v) is 6.83. The van der Waals surface area contributed by atoms with E-state index in [1.807, 2.05) is 32.9 Å². The Morgan fingerprint density at radius 1 is 1.14 bits per heavy atom. The lowest BCUT2D eigenvalue weighted by molar-refractivity contribution is 0.0203. The van der Waals surface area contributed by atoms with Gasteiger partial charge >= 0.3 is 6.09 Å². The molecule has 0 unspecified atom stereocenters. The molecule has 1 aromatic carbocycles. The fourth-order valence-electron chi connectivity index (χ4n) is 5.06. The number of piperidine rings is 1. The maximum atomic E-state index is 13.2. The van der Waals surface area contributed by atoms with E-state index in [0.717, 1.165) is 18.5 Å². The summed E-state index contributed by atoms with van der Waals surface area (Å²) in [4.78, 5) is 43.0. The van der Waals surface area contributed by atoms with Gasteiger partial charge < -0.3 is 24.7 Å². The summed E-state index contributed by atoms with van der Waals surface area (Å²) in [5.41, 5.74) is 1.64. The predicted molar refractivity (Wildman–Crippen MR) is 134 cm³/mol. The summed E-state index contributed by atoms with van der Waals surface area (Å²) in [5.74, 6) is -0.137. The number of H-pyrrole nitrogens is 1. The summed E-state index contributed by atoms with van der Waals surface area (Å²) >= 11 is 0. The van der Waals surface area contributed by atoms with Crippen molar-refractivity contribution in [3.8, 4) is 0 Å². The smallest absolute Gasteiger partial charge is 0.410 e. The van der Waals surface area contributed by atoms with Gasteiger partial charge in [-0.05, 0) is 58.6 Å². The van der Waals surface area contributed by atoms with Gasteiger partial charge in [-0.2, -0.15) is 5.10 Å². The first kappa shape index (κ1) is 24.3. The Kier molecular flexibility index (Phi) is 6.46. The number of hydrogen-bond acceptors (Lipinski definition) is 6.